The molecule has 0 amide bonds. The summed E-state index contributed by atoms with van der Waals surface area (Å²) in [5.74, 6) is 0.547. The summed E-state index contributed by atoms with van der Waals surface area (Å²) in [6, 6.07) is 0. The lowest BCUT2D eigenvalue weighted by molar-refractivity contribution is -0.190. The van der Waals surface area contributed by atoms with Crippen molar-refractivity contribution in [1.82, 2.24) is 4.90 Å². The van der Waals surface area contributed by atoms with Gasteiger partial charge in [-0.3, -0.25) is 4.90 Å². The number of piperidine rings is 1. The summed E-state index contributed by atoms with van der Waals surface area (Å²) in [4.78, 5) is 2.52. The van der Waals surface area contributed by atoms with Gasteiger partial charge in [0, 0.05) is 13.0 Å². The third-order valence-corrected chi connectivity index (χ3v) is 3.66. The van der Waals surface area contributed by atoms with Crippen molar-refractivity contribution in [2.24, 2.45) is 5.92 Å². The van der Waals surface area contributed by atoms with E-state index in [1.807, 2.05) is 0 Å². The highest BCUT2D eigenvalue weighted by molar-refractivity contribution is 4.84. The zero-order valence-electron chi connectivity index (χ0n) is 10.7. The third kappa shape index (κ3) is 2.96. The molecule has 2 saturated heterocycles. The summed E-state index contributed by atoms with van der Waals surface area (Å²) in [6.07, 6.45) is 4.89. The van der Waals surface area contributed by atoms with E-state index in [0.29, 0.717) is 0 Å². The summed E-state index contributed by atoms with van der Waals surface area (Å²) in [5.41, 5.74) is 0. The number of rotatable bonds is 4. The molecule has 16 heavy (non-hydrogen) atoms. The van der Waals surface area contributed by atoms with E-state index >= 15 is 0 Å². The summed E-state index contributed by atoms with van der Waals surface area (Å²) in [6.45, 7) is 9.54. The first-order valence-corrected chi connectivity index (χ1v) is 6.74. The van der Waals surface area contributed by atoms with Crippen LogP contribution in [0.4, 0.5) is 0 Å². The van der Waals surface area contributed by atoms with Crippen LogP contribution < -0.4 is 0 Å². The maximum Gasteiger partial charge on any atom is 0.181 e. The molecule has 0 saturated carbocycles. The fourth-order valence-corrected chi connectivity index (χ4v) is 2.98. The normalized spacial score (nSPS) is 27.4. The number of hydrogen-bond donors (Lipinski definition) is 0. The van der Waals surface area contributed by atoms with E-state index in [-0.39, 0.29) is 5.79 Å². The second kappa shape index (κ2) is 5.48. The molecule has 0 aromatic heterocycles. The van der Waals surface area contributed by atoms with Gasteiger partial charge in [-0.1, -0.05) is 20.3 Å². The van der Waals surface area contributed by atoms with Crippen LogP contribution in [0.3, 0.4) is 0 Å². The van der Waals surface area contributed by atoms with E-state index in [0.717, 1.165) is 32.1 Å². The Hall–Kier alpha value is -0.120. The van der Waals surface area contributed by atoms with Gasteiger partial charge in [-0.25, -0.2) is 0 Å². The minimum Gasteiger partial charge on any atom is -0.346 e. The van der Waals surface area contributed by atoms with E-state index in [1.165, 1.54) is 32.4 Å². The third-order valence-electron chi connectivity index (χ3n) is 3.66. The van der Waals surface area contributed by atoms with Crippen LogP contribution in [0, 0.1) is 5.92 Å². The smallest absolute Gasteiger partial charge is 0.181 e. The lowest BCUT2D eigenvalue weighted by atomic mass is 10.0. The van der Waals surface area contributed by atoms with Crippen molar-refractivity contribution in [2.75, 3.05) is 32.8 Å². The average molecular weight is 227 g/mol. The fraction of sp³-hybridized carbons (Fsp3) is 1.00. The molecule has 0 bridgehead atoms. The molecule has 94 valence electrons. The fourth-order valence-electron chi connectivity index (χ4n) is 2.98. The van der Waals surface area contributed by atoms with Crippen LogP contribution in [0.1, 0.15) is 39.5 Å². The molecule has 1 unspecified atom stereocenters. The van der Waals surface area contributed by atoms with Crippen molar-refractivity contribution < 1.29 is 9.47 Å². The Morgan fingerprint density at radius 1 is 1.31 bits per heavy atom. The molecule has 0 aromatic rings. The molecular weight excluding hydrogens is 202 g/mol. The van der Waals surface area contributed by atoms with Crippen molar-refractivity contribution in [3.05, 3.63) is 0 Å². The van der Waals surface area contributed by atoms with Crippen molar-refractivity contribution in [3.8, 4) is 0 Å². The topological polar surface area (TPSA) is 21.7 Å². The Morgan fingerprint density at radius 2 is 2.06 bits per heavy atom. The SMILES string of the molecule is CCCC(C)CN1CCCC2(C1)OCCO2. The van der Waals surface area contributed by atoms with Gasteiger partial charge in [-0.15, -0.1) is 0 Å². The standard InChI is InChI=1S/C13H25NO2/c1-3-5-12(2)10-14-7-4-6-13(11-14)15-8-9-16-13/h12H,3-11H2,1-2H3. The van der Waals surface area contributed by atoms with Crippen LogP contribution in [0.2, 0.25) is 0 Å². The predicted octanol–water partition coefficient (Wildman–Crippen LogP) is 2.26. The Kier molecular flexibility index (Phi) is 4.22. The van der Waals surface area contributed by atoms with Crippen molar-refractivity contribution in [1.29, 1.82) is 0 Å². The lowest BCUT2D eigenvalue weighted by Crippen LogP contribution is -2.49. The second-order valence-electron chi connectivity index (χ2n) is 5.34. The molecule has 0 N–H and O–H groups in total. The molecule has 1 spiro atoms. The Balaban J connectivity index is 1.82. The number of ether oxygens (including phenoxy) is 2. The van der Waals surface area contributed by atoms with E-state index < -0.39 is 0 Å². The van der Waals surface area contributed by atoms with Gasteiger partial charge in [0.25, 0.3) is 0 Å². The van der Waals surface area contributed by atoms with Crippen LogP contribution >= 0.6 is 0 Å². The minimum absolute atomic E-state index is 0.246. The predicted molar refractivity (Wildman–Crippen MR) is 64.4 cm³/mol. The van der Waals surface area contributed by atoms with Crippen LogP contribution in [-0.2, 0) is 9.47 Å². The first-order chi connectivity index (χ1) is 7.74. The molecule has 0 radical (unpaired) electrons. The largest absolute Gasteiger partial charge is 0.346 e. The molecule has 2 aliphatic rings. The maximum absolute atomic E-state index is 5.79. The summed E-state index contributed by atoms with van der Waals surface area (Å²) in [7, 11) is 0. The summed E-state index contributed by atoms with van der Waals surface area (Å²) >= 11 is 0. The molecule has 3 heteroatoms. The Labute approximate surface area is 99.1 Å². The van der Waals surface area contributed by atoms with Gasteiger partial charge < -0.3 is 9.47 Å². The monoisotopic (exact) mass is 227 g/mol. The van der Waals surface area contributed by atoms with Gasteiger partial charge in [-0.05, 0) is 25.3 Å². The van der Waals surface area contributed by atoms with E-state index in [9.17, 15) is 0 Å². The van der Waals surface area contributed by atoms with Crippen LogP contribution in [0.5, 0.6) is 0 Å². The molecular formula is C13H25NO2. The highest BCUT2D eigenvalue weighted by Crippen LogP contribution is 2.30. The van der Waals surface area contributed by atoms with Crippen LogP contribution in [0.15, 0.2) is 0 Å². The van der Waals surface area contributed by atoms with Gasteiger partial charge in [0.05, 0.1) is 19.8 Å². The molecule has 2 aliphatic heterocycles. The first-order valence-electron chi connectivity index (χ1n) is 6.74. The molecule has 0 aromatic carbocycles. The molecule has 3 nitrogen and oxygen atoms in total. The molecule has 2 rings (SSSR count). The quantitative estimate of drug-likeness (QED) is 0.735. The Morgan fingerprint density at radius 3 is 2.75 bits per heavy atom. The van der Waals surface area contributed by atoms with Crippen molar-refractivity contribution in [3.63, 3.8) is 0 Å². The summed E-state index contributed by atoms with van der Waals surface area (Å²) in [5, 5.41) is 0. The van der Waals surface area contributed by atoms with Gasteiger partial charge >= 0.3 is 0 Å². The summed E-state index contributed by atoms with van der Waals surface area (Å²) < 4.78 is 11.6. The highest BCUT2D eigenvalue weighted by Gasteiger charge is 2.40. The number of hydrogen-bond acceptors (Lipinski definition) is 3. The molecule has 1 atom stereocenters. The highest BCUT2D eigenvalue weighted by atomic mass is 16.7. The van der Waals surface area contributed by atoms with Crippen molar-refractivity contribution >= 4 is 0 Å². The molecule has 2 heterocycles. The van der Waals surface area contributed by atoms with E-state index in [2.05, 4.69) is 18.7 Å². The number of likely N-dealkylation sites (tertiary alicyclic amines) is 1. The molecule has 0 aliphatic carbocycles. The lowest BCUT2D eigenvalue weighted by Gasteiger charge is -2.39. The first kappa shape index (κ1) is 12.3. The molecule has 2 fully saturated rings. The van der Waals surface area contributed by atoms with Gasteiger partial charge in [-0.2, -0.15) is 0 Å². The van der Waals surface area contributed by atoms with E-state index in [4.69, 9.17) is 9.47 Å². The van der Waals surface area contributed by atoms with Gasteiger partial charge in [0.15, 0.2) is 5.79 Å². The van der Waals surface area contributed by atoms with E-state index in [1.54, 1.807) is 0 Å². The maximum atomic E-state index is 5.79. The Bertz CT molecular complexity index is 214. The zero-order valence-corrected chi connectivity index (χ0v) is 10.7. The average Bonchev–Trinajstić information content (AvgIpc) is 2.66. The van der Waals surface area contributed by atoms with Gasteiger partial charge in [0.1, 0.15) is 0 Å². The zero-order chi connectivity index (χ0) is 11.4. The van der Waals surface area contributed by atoms with Crippen LogP contribution in [-0.4, -0.2) is 43.5 Å². The minimum atomic E-state index is -0.246. The van der Waals surface area contributed by atoms with Crippen molar-refractivity contribution in [2.45, 2.75) is 45.3 Å². The number of nitrogens with zero attached hydrogens (tertiary/aromatic N) is 1. The van der Waals surface area contributed by atoms with Crippen LogP contribution in [0.25, 0.3) is 0 Å². The second-order valence-corrected chi connectivity index (χ2v) is 5.34. The van der Waals surface area contributed by atoms with Gasteiger partial charge in [0.2, 0.25) is 0 Å².